The Labute approximate surface area is 137 Å². The molecule has 0 bridgehead atoms. The van der Waals surface area contributed by atoms with Gasteiger partial charge in [0.2, 0.25) is 5.91 Å². The topological polar surface area (TPSA) is 71.1 Å². The highest BCUT2D eigenvalue weighted by Gasteiger charge is 2.13. The van der Waals surface area contributed by atoms with Gasteiger partial charge in [-0.15, -0.1) is 0 Å². The van der Waals surface area contributed by atoms with E-state index in [2.05, 4.69) is 15.6 Å². The number of nitrogens with zero attached hydrogens (tertiary/aromatic N) is 1. The van der Waals surface area contributed by atoms with Gasteiger partial charge in [0.25, 0.3) is 5.91 Å². The van der Waals surface area contributed by atoms with Crippen LogP contribution in [0.2, 0.25) is 10.2 Å². The summed E-state index contributed by atoms with van der Waals surface area (Å²) in [5, 5.41) is 5.64. The summed E-state index contributed by atoms with van der Waals surface area (Å²) in [4.78, 5) is 27.3. The summed E-state index contributed by atoms with van der Waals surface area (Å²) >= 11 is 11.7. The first kappa shape index (κ1) is 16.3. The van der Waals surface area contributed by atoms with Gasteiger partial charge in [-0.3, -0.25) is 9.59 Å². The summed E-state index contributed by atoms with van der Waals surface area (Å²) in [5.41, 5.74) is 1.48. The SMILES string of the molecule is CNC(=O)Cc1ccc(NC(=O)c2nc(Cl)ccc2Cl)cc1. The van der Waals surface area contributed by atoms with Crippen LogP contribution < -0.4 is 10.6 Å². The van der Waals surface area contributed by atoms with E-state index in [9.17, 15) is 9.59 Å². The Bertz CT molecular complexity index is 702. The van der Waals surface area contributed by atoms with Gasteiger partial charge in [-0.25, -0.2) is 4.98 Å². The monoisotopic (exact) mass is 337 g/mol. The highest BCUT2D eigenvalue weighted by molar-refractivity contribution is 6.35. The summed E-state index contributed by atoms with van der Waals surface area (Å²) < 4.78 is 0. The van der Waals surface area contributed by atoms with E-state index < -0.39 is 5.91 Å². The van der Waals surface area contributed by atoms with E-state index in [4.69, 9.17) is 23.2 Å². The Balaban J connectivity index is 2.08. The molecule has 0 saturated heterocycles. The second-order valence-electron chi connectivity index (χ2n) is 4.47. The molecule has 5 nitrogen and oxygen atoms in total. The van der Waals surface area contributed by atoms with Crippen LogP contribution in [0.1, 0.15) is 16.1 Å². The zero-order chi connectivity index (χ0) is 16.1. The van der Waals surface area contributed by atoms with Gasteiger partial charge in [0.05, 0.1) is 11.4 Å². The minimum absolute atomic E-state index is 0.0589. The van der Waals surface area contributed by atoms with Gasteiger partial charge < -0.3 is 10.6 Å². The molecular weight excluding hydrogens is 325 g/mol. The number of halogens is 2. The fourth-order valence-electron chi connectivity index (χ4n) is 1.75. The van der Waals surface area contributed by atoms with Crippen LogP contribution in [0.25, 0.3) is 0 Å². The van der Waals surface area contributed by atoms with Crippen molar-refractivity contribution in [3.63, 3.8) is 0 Å². The molecule has 0 fully saturated rings. The van der Waals surface area contributed by atoms with Crippen molar-refractivity contribution in [2.75, 3.05) is 12.4 Å². The number of anilines is 1. The molecule has 22 heavy (non-hydrogen) atoms. The summed E-state index contributed by atoms with van der Waals surface area (Å²) in [6, 6.07) is 9.95. The van der Waals surface area contributed by atoms with Crippen molar-refractivity contribution in [3.8, 4) is 0 Å². The van der Waals surface area contributed by atoms with Crippen LogP contribution in [0.4, 0.5) is 5.69 Å². The molecule has 114 valence electrons. The van der Waals surface area contributed by atoms with Gasteiger partial charge in [-0.05, 0) is 29.8 Å². The Kier molecular flexibility index (Phi) is 5.35. The summed E-state index contributed by atoms with van der Waals surface area (Å²) in [6.45, 7) is 0. The first-order chi connectivity index (χ1) is 10.5. The first-order valence-corrected chi connectivity index (χ1v) is 7.18. The normalized spacial score (nSPS) is 10.1. The van der Waals surface area contributed by atoms with E-state index >= 15 is 0 Å². The third-order valence-electron chi connectivity index (χ3n) is 2.88. The highest BCUT2D eigenvalue weighted by Crippen LogP contribution is 2.18. The summed E-state index contributed by atoms with van der Waals surface area (Å²) in [5.74, 6) is -0.529. The predicted octanol–water partition coefficient (Wildman–Crippen LogP) is 2.93. The molecule has 0 unspecified atom stereocenters. The highest BCUT2D eigenvalue weighted by atomic mass is 35.5. The number of nitrogens with one attached hydrogen (secondary N) is 2. The lowest BCUT2D eigenvalue weighted by molar-refractivity contribution is -0.119. The number of hydrogen-bond acceptors (Lipinski definition) is 3. The molecule has 0 aliphatic carbocycles. The lowest BCUT2D eigenvalue weighted by Crippen LogP contribution is -2.20. The molecule has 2 amide bonds. The van der Waals surface area contributed by atoms with Crippen molar-refractivity contribution in [3.05, 3.63) is 57.8 Å². The van der Waals surface area contributed by atoms with Crippen LogP contribution in [0.15, 0.2) is 36.4 Å². The van der Waals surface area contributed by atoms with Crippen molar-refractivity contribution in [2.45, 2.75) is 6.42 Å². The van der Waals surface area contributed by atoms with Crippen LogP contribution in [-0.4, -0.2) is 23.8 Å². The Morgan fingerprint density at radius 1 is 1.09 bits per heavy atom. The molecule has 1 aromatic heterocycles. The molecule has 1 aromatic carbocycles. The summed E-state index contributed by atoms with van der Waals surface area (Å²) in [7, 11) is 1.58. The van der Waals surface area contributed by atoms with Gasteiger partial charge >= 0.3 is 0 Å². The van der Waals surface area contributed by atoms with Gasteiger partial charge in [0, 0.05) is 12.7 Å². The minimum atomic E-state index is -0.452. The molecule has 0 aliphatic rings. The fraction of sp³-hybridized carbons (Fsp3) is 0.133. The van der Waals surface area contributed by atoms with Crippen molar-refractivity contribution in [1.29, 1.82) is 0 Å². The third kappa shape index (κ3) is 4.19. The summed E-state index contributed by atoms with van der Waals surface area (Å²) in [6.07, 6.45) is 0.284. The average Bonchev–Trinajstić information content (AvgIpc) is 2.51. The first-order valence-electron chi connectivity index (χ1n) is 6.42. The third-order valence-corrected chi connectivity index (χ3v) is 3.40. The van der Waals surface area contributed by atoms with Crippen LogP contribution in [0, 0.1) is 0 Å². The van der Waals surface area contributed by atoms with Gasteiger partial charge in [0.15, 0.2) is 0 Å². The maximum absolute atomic E-state index is 12.1. The average molecular weight is 338 g/mol. The van der Waals surface area contributed by atoms with Gasteiger partial charge in [-0.1, -0.05) is 35.3 Å². The van der Waals surface area contributed by atoms with Gasteiger partial charge in [0.1, 0.15) is 10.8 Å². The lowest BCUT2D eigenvalue weighted by Gasteiger charge is -2.07. The van der Waals surface area contributed by atoms with E-state index in [0.29, 0.717) is 5.69 Å². The molecule has 1 heterocycles. The number of rotatable bonds is 4. The van der Waals surface area contributed by atoms with Crippen molar-refractivity contribution in [2.24, 2.45) is 0 Å². The molecule has 0 aliphatic heterocycles. The molecule has 0 atom stereocenters. The number of benzene rings is 1. The van der Waals surface area contributed by atoms with Crippen LogP contribution in [-0.2, 0) is 11.2 Å². The lowest BCUT2D eigenvalue weighted by atomic mass is 10.1. The quantitative estimate of drug-likeness (QED) is 0.842. The molecule has 0 spiro atoms. The van der Waals surface area contributed by atoms with E-state index in [1.807, 2.05) is 0 Å². The Hall–Kier alpha value is -2.11. The number of aromatic nitrogens is 1. The van der Waals surface area contributed by atoms with Crippen LogP contribution in [0.3, 0.4) is 0 Å². The second-order valence-corrected chi connectivity index (χ2v) is 5.26. The van der Waals surface area contributed by atoms with E-state index in [1.54, 1.807) is 31.3 Å². The number of amides is 2. The molecule has 0 radical (unpaired) electrons. The van der Waals surface area contributed by atoms with E-state index in [-0.39, 0.29) is 28.2 Å². The number of likely N-dealkylation sites (N-methyl/N-ethyl adjacent to an activating group) is 1. The number of hydrogen-bond donors (Lipinski definition) is 2. The van der Waals surface area contributed by atoms with Crippen LogP contribution in [0.5, 0.6) is 0 Å². The number of carbonyl (C=O) groups is 2. The largest absolute Gasteiger partial charge is 0.359 e. The van der Waals surface area contributed by atoms with Gasteiger partial charge in [-0.2, -0.15) is 0 Å². The number of carbonyl (C=O) groups excluding carboxylic acids is 2. The fourth-order valence-corrected chi connectivity index (χ4v) is 2.09. The zero-order valence-electron chi connectivity index (χ0n) is 11.7. The van der Waals surface area contributed by atoms with Crippen LogP contribution >= 0.6 is 23.2 Å². The van der Waals surface area contributed by atoms with Crippen molar-refractivity contribution in [1.82, 2.24) is 10.3 Å². The molecule has 2 rings (SSSR count). The smallest absolute Gasteiger partial charge is 0.275 e. The molecular formula is C15H13Cl2N3O2. The predicted molar refractivity (Wildman–Crippen MR) is 86.4 cm³/mol. The van der Waals surface area contributed by atoms with E-state index in [1.165, 1.54) is 12.1 Å². The second kappa shape index (κ2) is 7.24. The van der Waals surface area contributed by atoms with Crippen molar-refractivity contribution < 1.29 is 9.59 Å². The van der Waals surface area contributed by atoms with E-state index in [0.717, 1.165) is 5.56 Å². The molecule has 7 heteroatoms. The Morgan fingerprint density at radius 2 is 1.77 bits per heavy atom. The number of pyridine rings is 1. The maximum Gasteiger partial charge on any atom is 0.275 e. The molecule has 2 N–H and O–H groups in total. The standard InChI is InChI=1S/C15H13Cl2N3O2/c1-18-13(21)8-9-2-4-10(5-3-9)19-15(22)14-11(16)6-7-12(17)20-14/h2-7H,8H2,1H3,(H,18,21)(H,19,22). The minimum Gasteiger partial charge on any atom is -0.359 e. The Morgan fingerprint density at radius 3 is 2.41 bits per heavy atom. The molecule has 2 aromatic rings. The molecule has 0 saturated carbocycles. The zero-order valence-corrected chi connectivity index (χ0v) is 13.2. The van der Waals surface area contributed by atoms with Crippen molar-refractivity contribution >= 4 is 40.7 Å². The maximum atomic E-state index is 12.1.